The molecule has 0 atom stereocenters. The maximum atomic E-state index is 10.5. The molecule has 0 fully saturated rings. The van der Waals surface area contributed by atoms with Crippen LogP contribution in [-0.4, -0.2) is 38.9 Å². The first-order valence-electron chi connectivity index (χ1n) is 6.20. The minimum Gasteiger partial charge on any atom is -0.748 e. The van der Waals surface area contributed by atoms with Crippen LogP contribution in [0.2, 0.25) is 0 Å². The minimum absolute atomic E-state index is 0.167. The van der Waals surface area contributed by atoms with Gasteiger partial charge in [0, 0.05) is 30.0 Å². The third kappa shape index (κ3) is 4.81. The van der Waals surface area contributed by atoms with E-state index in [2.05, 4.69) is 15.1 Å². The Morgan fingerprint density at radius 1 is 1.33 bits per heavy atom. The van der Waals surface area contributed by atoms with Crippen molar-refractivity contribution in [1.29, 1.82) is 0 Å². The summed E-state index contributed by atoms with van der Waals surface area (Å²) in [5, 5.41) is 13.1. The maximum absolute atomic E-state index is 10.5. The predicted octanol–water partition coefficient (Wildman–Crippen LogP) is -0.746. The molecule has 8 nitrogen and oxygen atoms in total. The molecule has 112 valence electrons. The van der Waals surface area contributed by atoms with Crippen LogP contribution in [0.1, 0.15) is 12.1 Å². The Hall–Kier alpha value is -1.97. The smallest absolute Gasteiger partial charge is 0.197 e. The lowest BCUT2D eigenvalue weighted by molar-refractivity contribution is -0.753. The van der Waals surface area contributed by atoms with E-state index in [-0.39, 0.29) is 13.0 Å². The van der Waals surface area contributed by atoms with Crippen LogP contribution < -0.4 is 4.68 Å². The molecule has 0 radical (unpaired) electrons. The lowest BCUT2D eigenvalue weighted by atomic mass is 10.3. The molecule has 0 saturated heterocycles. The molecule has 0 aliphatic rings. The number of aryl methyl sites for hydroxylation is 1. The Labute approximate surface area is 121 Å². The first kappa shape index (κ1) is 15.4. The molecule has 2 aromatic heterocycles. The van der Waals surface area contributed by atoms with Gasteiger partial charge in [-0.2, -0.15) is 0 Å². The second kappa shape index (κ2) is 6.66. The summed E-state index contributed by atoms with van der Waals surface area (Å²) < 4.78 is 33.0. The van der Waals surface area contributed by atoms with Gasteiger partial charge in [-0.05, 0) is 11.2 Å². The first-order chi connectivity index (χ1) is 9.98. The average molecular weight is 310 g/mol. The van der Waals surface area contributed by atoms with Gasteiger partial charge in [0.1, 0.15) is 6.20 Å². The van der Waals surface area contributed by atoms with E-state index < -0.39 is 15.9 Å². The van der Waals surface area contributed by atoms with Gasteiger partial charge in [0.25, 0.3) is 0 Å². The Morgan fingerprint density at radius 3 is 2.76 bits per heavy atom. The molecule has 0 spiro atoms. The minimum atomic E-state index is -4.19. The number of aliphatic hydroxyl groups is 1. The summed E-state index contributed by atoms with van der Waals surface area (Å²) in [5.41, 5.74) is 1.19. The van der Waals surface area contributed by atoms with Crippen molar-refractivity contribution in [3.8, 4) is 11.4 Å². The van der Waals surface area contributed by atoms with Crippen molar-refractivity contribution in [3.05, 3.63) is 36.4 Å². The third-order valence-corrected chi connectivity index (χ3v) is 3.47. The molecule has 0 aliphatic carbocycles. The lowest BCUT2D eigenvalue weighted by Crippen LogP contribution is -2.38. The monoisotopic (exact) mass is 310 g/mol. The number of aliphatic hydroxyl groups excluding tert-OH is 1. The highest BCUT2D eigenvalue weighted by atomic mass is 32.2. The number of aromatic nitrogens is 4. The quantitative estimate of drug-likeness (QED) is 0.550. The van der Waals surface area contributed by atoms with E-state index in [1.165, 1.54) is 4.68 Å². The van der Waals surface area contributed by atoms with Crippen LogP contribution in [-0.2, 0) is 23.3 Å². The standard InChI is InChI=1S/C12H14N4O4S/c17-9-11-2-4-13-12(15-11)10-3-6-16(14-8-10)5-1-7-21(18,19)20/h2-4,6,8,17H,1,5,7,9H2. The summed E-state index contributed by atoms with van der Waals surface area (Å²) in [6.45, 7) is 0.165. The topological polar surface area (TPSA) is 120 Å². The maximum Gasteiger partial charge on any atom is 0.197 e. The molecule has 0 aliphatic heterocycles. The summed E-state index contributed by atoms with van der Waals surface area (Å²) >= 11 is 0. The van der Waals surface area contributed by atoms with Crippen LogP contribution in [0.4, 0.5) is 0 Å². The van der Waals surface area contributed by atoms with Crippen molar-refractivity contribution in [1.82, 2.24) is 15.1 Å². The van der Waals surface area contributed by atoms with Crippen molar-refractivity contribution in [2.45, 2.75) is 19.6 Å². The predicted molar refractivity (Wildman–Crippen MR) is 70.6 cm³/mol. The summed E-state index contributed by atoms with van der Waals surface area (Å²) in [5.74, 6) is 0.0359. The van der Waals surface area contributed by atoms with Crippen LogP contribution >= 0.6 is 0 Å². The molecular weight excluding hydrogens is 296 g/mol. The van der Waals surface area contributed by atoms with Gasteiger partial charge in [-0.15, -0.1) is 0 Å². The van der Waals surface area contributed by atoms with Gasteiger partial charge in [0.05, 0.1) is 22.4 Å². The van der Waals surface area contributed by atoms with Crippen molar-refractivity contribution >= 4 is 10.1 Å². The van der Waals surface area contributed by atoms with Gasteiger partial charge in [-0.3, -0.25) is 0 Å². The molecule has 9 heteroatoms. The van der Waals surface area contributed by atoms with Gasteiger partial charge in [-0.25, -0.2) is 18.4 Å². The van der Waals surface area contributed by atoms with Crippen molar-refractivity contribution < 1.29 is 22.8 Å². The van der Waals surface area contributed by atoms with Crippen LogP contribution in [0, 0.1) is 0 Å². The normalized spacial score (nSPS) is 11.5. The Morgan fingerprint density at radius 2 is 2.14 bits per heavy atom. The highest BCUT2D eigenvalue weighted by Gasteiger charge is 2.08. The fourth-order valence-electron chi connectivity index (χ4n) is 1.68. The molecule has 0 aromatic carbocycles. The molecule has 0 unspecified atom stereocenters. The van der Waals surface area contributed by atoms with Crippen molar-refractivity contribution in [3.63, 3.8) is 0 Å². The summed E-state index contributed by atoms with van der Waals surface area (Å²) in [4.78, 5) is 8.24. The molecule has 0 saturated carbocycles. The zero-order valence-corrected chi connectivity index (χ0v) is 11.9. The van der Waals surface area contributed by atoms with E-state index in [9.17, 15) is 13.0 Å². The van der Waals surface area contributed by atoms with Crippen LogP contribution in [0.25, 0.3) is 11.4 Å². The molecule has 2 rings (SSSR count). The number of nitrogens with zero attached hydrogens (tertiary/aromatic N) is 4. The summed E-state index contributed by atoms with van der Waals surface area (Å²) in [7, 11) is -4.19. The summed E-state index contributed by atoms with van der Waals surface area (Å²) in [6.07, 6.45) is 4.96. The Bertz CT molecular complexity index is 703. The molecule has 0 amide bonds. The zero-order chi connectivity index (χ0) is 15.3. The molecular formula is C12H14N4O4S. The second-order valence-corrected chi connectivity index (χ2v) is 5.85. The third-order valence-electron chi connectivity index (χ3n) is 2.69. The molecule has 0 bridgehead atoms. The van der Waals surface area contributed by atoms with Gasteiger partial charge >= 0.3 is 0 Å². The van der Waals surface area contributed by atoms with Crippen LogP contribution in [0.15, 0.2) is 30.7 Å². The second-order valence-electron chi connectivity index (χ2n) is 4.32. The van der Waals surface area contributed by atoms with E-state index >= 15 is 0 Å². The molecule has 2 heterocycles. The summed E-state index contributed by atoms with van der Waals surface area (Å²) in [6, 6.07) is 3.35. The van der Waals surface area contributed by atoms with Gasteiger partial charge in [0.15, 0.2) is 18.6 Å². The van der Waals surface area contributed by atoms with E-state index in [0.717, 1.165) is 0 Å². The van der Waals surface area contributed by atoms with E-state index in [0.29, 0.717) is 23.6 Å². The first-order valence-corrected chi connectivity index (χ1v) is 7.78. The average Bonchev–Trinajstić information content (AvgIpc) is 2.47. The molecule has 2 aromatic rings. The van der Waals surface area contributed by atoms with Crippen molar-refractivity contribution in [2.24, 2.45) is 0 Å². The Kier molecular flexibility index (Phi) is 4.89. The largest absolute Gasteiger partial charge is 0.748 e. The Balaban J connectivity index is 2.04. The number of rotatable bonds is 6. The fourth-order valence-corrected chi connectivity index (χ4v) is 2.16. The van der Waals surface area contributed by atoms with Gasteiger partial charge in [0.2, 0.25) is 0 Å². The van der Waals surface area contributed by atoms with E-state index in [4.69, 9.17) is 5.11 Å². The van der Waals surface area contributed by atoms with E-state index in [1.807, 2.05) is 0 Å². The highest BCUT2D eigenvalue weighted by Crippen LogP contribution is 2.11. The highest BCUT2D eigenvalue weighted by molar-refractivity contribution is 7.85. The van der Waals surface area contributed by atoms with E-state index in [1.54, 1.807) is 30.7 Å². The molecule has 21 heavy (non-hydrogen) atoms. The zero-order valence-electron chi connectivity index (χ0n) is 11.1. The van der Waals surface area contributed by atoms with Gasteiger partial charge < -0.3 is 9.66 Å². The van der Waals surface area contributed by atoms with Crippen LogP contribution in [0.3, 0.4) is 0 Å². The van der Waals surface area contributed by atoms with Crippen LogP contribution in [0.5, 0.6) is 0 Å². The SMILES string of the molecule is O=S(=O)([O-])CCC[n+]1ccc(-c2nccc(CO)n2)cn1. The fraction of sp³-hybridized carbons (Fsp3) is 0.333. The number of hydrogen-bond acceptors (Lipinski definition) is 7. The molecule has 1 N–H and O–H groups in total. The number of hydrogen-bond donors (Lipinski definition) is 1. The van der Waals surface area contributed by atoms with Gasteiger partial charge in [-0.1, -0.05) is 4.68 Å². The van der Waals surface area contributed by atoms with Crippen molar-refractivity contribution in [2.75, 3.05) is 5.75 Å². The lowest BCUT2D eigenvalue weighted by Gasteiger charge is -2.03.